The molecule has 0 radical (unpaired) electrons. The predicted molar refractivity (Wildman–Crippen MR) is 66.4 cm³/mol. The maximum atomic E-state index is 9.23. The summed E-state index contributed by atoms with van der Waals surface area (Å²) in [5, 5.41) is 9.23. The van der Waals surface area contributed by atoms with Gasteiger partial charge in [0.25, 0.3) is 0 Å². The van der Waals surface area contributed by atoms with E-state index in [9.17, 15) is 5.11 Å². The molecule has 2 heteroatoms. The van der Waals surface area contributed by atoms with Gasteiger partial charge in [0.05, 0.1) is 0 Å². The Labute approximate surface area is 97.5 Å². The van der Waals surface area contributed by atoms with Gasteiger partial charge in [0.15, 0.2) is 0 Å². The van der Waals surface area contributed by atoms with Crippen LogP contribution in [0.25, 0.3) is 0 Å². The molecule has 0 heterocycles. The molecule has 2 unspecified atom stereocenters. The summed E-state index contributed by atoms with van der Waals surface area (Å²) in [4.78, 5) is 0. The minimum atomic E-state index is 0.348. The molecule has 1 aromatic rings. The summed E-state index contributed by atoms with van der Waals surface area (Å²) >= 11 is 0. The predicted octanol–water partition coefficient (Wildman–Crippen LogP) is 2.84. The largest absolute Gasteiger partial charge is 0.508 e. The number of hydrogen-bond donors (Lipinski definition) is 2. The van der Waals surface area contributed by atoms with Gasteiger partial charge < -0.3 is 10.8 Å². The number of rotatable bonds is 2. The molecule has 1 fully saturated rings. The van der Waals surface area contributed by atoms with E-state index in [1.165, 1.54) is 31.2 Å². The van der Waals surface area contributed by atoms with Crippen LogP contribution in [0.3, 0.4) is 0 Å². The molecule has 0 aromatic heterocycles. The summed E-state index contributed by atoms with van der Waals surface area (Å²) in [5.41, 5.74) is 7.38. The van der Waals surface area contributed by atoms with E-state index in [-0.39, 0.29) is 0 Å². The van der Waals surface area contributed by atoms with Gasteiger partial charge in [-0.15, -0.1) is 0 Å². The maximum Gasteiger partial charge on any atom is 0.115 e. The number of phenols is 1. The molecule has 1 aliphatic carbocycles. The topological polar surface area (TPSA) is 46.2 Å². The molecule has 3 N–H and O–H groups in total. The van der Waals surface area contributed by atoms with Crippen molar-refractivity contribution in [3.05, 3.63) is 29.8 Å². The fraction of sp³-hybridized carbons (Fsp3) is 0.571. The second kappa shape index (κ2) is 5.35. The zero-order valence-electron chi connectivity index (χ0n) is 9.73. The van der Waals surface area contributed by atoms with Crippen molar-refractivity contribution in [3.8, 4) is 5.75 Å². The van der Waals surface area contributed by atoms with E-state index in [4.69, 9.17) is 5.73 Å². The Morgan fingerprint density at radius 1 is 1.12 bits per heavy atom. The molecule has 0 amide bonds. The number of phenolic OH excluding ortho intramolecular Hbond substituents is 1. The van der Waals surface area contributed by atoms with Crippen LogP contribution in [0.15, 0.2) is 24.3 Å². The summed E-state index contributed by atoms with van der Waals surface area (Å²) in [6, 6.07) is 7.97. The van der Waals surface area contributed by atoms with Crippen LogP contribution in [0.5, 0.6) is 5.75 Å². The highest BCUT2D eigenvalue weighted by molar-refractivity contribution is 5.26. The summed E-state index contributed by atoms with van der Waals surface area (Å²) < 4.78 is 0. The molecule has 0 bridgehead atoms. The van der Waals surface area contributed by atoms with E-state index < -0.39 is 0 Å². The molecule has 2 rings (SSSR count). The third-order valence-corrected chi connectivity index (χ3v) is 3.53. The van der Waals surface area contributed by atoms with Crippen LogP contribution in [0, 0.1) is 5.92 Å². The van der Waals surface area contributed by atoms with Crippen molar-refractivity contribution in [2.24, 2.45) is 11.7 Å². The first-order valence-electron chi connectivity index (χ1n) is 6.27. The van der Waals surface area contributed by atoms with Gasteiger partial charge in [-0.05, 0) is 42.9 Å². The zero-order valence-corrected chi connectivity index (χ0v) is 9.73. The van der Waals surface area contributed by atoms with Gasteiger partial charge in [0.2, 0.25) is 0 Å². The average molecular weight is 219 g/mol. The van der Waals surface area contributed by atoms with Gasteiger partial charge >= 0.3 is 0 Å². The molecule has 0 spiro atoms. The van der Waals surface area contributed by atoms with Gasteiger partial charge in [0, 0.05) is 6.04 Å². The second-order valence-electron chi connectivity index (χ2n) is 5.02. The molecule has 0 aliphatic heterocycles. The van der Waals surface area contributed by atoms with E-state index >= 15 is 0 Å². The van der Waals surface area contributed by atoms with E-state index in [0.29, 0.717) is 11.8 Å². The lowest BCUT2D eigenvalue weighted by atomic mass is 9.91. The fourth-order valence-electron chi connectivity index (χ4n) is 2.65. The maximum absolute atomic E-state index is 9.23. The number of benzene rings is 1. The van der Waals surface area contributed by atoms with Gasteiger partial charge in [-0.25, -0.2) is 0 Å². The lowest BCUT2D eigenvalue weighted by Crippen LogP contribution is -2.22. The van der Waals surface area contributed by atoms with Crippen LogP contribution in [-0.2, 0) is 6.42 Å². The normalized spacial score (nSPS) is 26.3. The first-order valence-corrected chi connectivity index (χ1v) is 6.27. The highest BCUT2D eigenvalue weighted by Gasteiger charge is 2.17. The third-order valence-electron chi connectivity index (χ3n) is 3.53. The molecule has 2 nitrogen and oxygen atoms in total. The summed E-state index contributed by atoms with van der Waals surface area (Å²) in [5.74, 6) is 1.07. The first-order chi connectivity index (χ1) is 7.74. The van der Waals surface area contributed by atoms with Gasteiger partial charge in [-0.3, -0.25) is 0 Å². The highest BCUT2D eigenvalue weighted by Crippen LogP contribution is 2.26. The molecule has 16 heavy (non-hydrogen) atoms. The van der Waals surface area contributed by atoms with E-state index in [1.54, 1.807) is 12.1 Å². The van der Waals surface area contributed by atoms with Crippen LogP contribution in [-0.4, -0.2) is 11.1 Å². The van der Waals surface area contributed by atoms with E-state index in [0.717, 1.165) is 18.8 Å². The van der Waals surface area contributed by atoms with E-state index in [1.807, 2.05) is 12.1 Å². The molecular weight excluding hydrogens is 198 g/mol. The average Bonchev–Trinajstić information content (AvgIpc) is 2.46. The highest BCUT2D eigenvalue weighted by atomic mass is 16.3. The Hall–Kier alpha value is -1.02. The molecular formula is C14H21NO. The number of aromatic hydroxyl groups is 1. The summed E-state index contributed by atoms with van der Waals surface area (Å²) in [7, 11) is 0. The Kier molecular flexibility index (Phi) is 3.83. The Morgan fingerprint density at radius 3 is 2.56 bits per heavy atom. The lowest BCUT2D eigenvalue weighted by molar-refractivity contribution is 0.430. The smallest absolute Gasteiger partial charge is 0.115 e. The summed E-state index contributed by atoms with van der Waals surface area (Å²) in [6.07, 6.45) is 7.35. The van der Waals surface area contributed by atoms with Crippen LogP contribution in [0.2, 0.25) is 0 Å². The Morgan fingerprint density at radius 2 is 1.81 bits per heavy atom. The minimum Gasteiger partial charge on any atom is -0.508 e. The Balaban J connectivity index is 1.95. The first kappa shape index (κ1) is 11.5. The minimum absolute atomic E-state index is 0.348. The van der Waals surface area contributed by atoms with Crippen molar-refractivity contribution in [2.75, 3.05) is 0 Å². The third kappa shape index (κ3) is 3.24. The van der Waals surface area contributed by atoms with Crippen LogP contribution in [0.4, 0.5) is 0 Å². The van der Waals surface area contributed by atoms with E-state index in [2.05, 4.69) is 0 Å². The van der Waals surface area contributed by atoms with Gasteiger partial charge in [-0.2, -0.15) is 0 Å². The number of hydrogen-bond acceptors (Lipinski definition) is 2. The monoisotopic (exact) mass is 219 g/mol. The van der Waals surface area contributed by atoms with Crippen LogP contribution in [0.1, 0.15) is 37.7 Å². The van der Waals surface area contributed by atoms with Crippen molar-refractivity contribution >= 4 is 0 Å². The van der Waals surface area contributed by atoms with Crippen LogP contribution < -0.4 is 5.73 Å². The fourth-order valence-corrected chi connectivity index (χ4v) is 2.65. The standard InChI is InChI=1S/C14H21NO/c15-13-4-2-1-3-12(10-13)9-11-5-7-14(16)8-6-11/h5-8,12-13,16H,1-4,9-10,15H2. The van der Waals surface area contributed by atoms with Gasteiger partial charge in [0.1, 0.15) is 5.75 Å². The van der Waals surface area contributed by atoms with Crippen molar-refractivity contribution in [1.82, 2.24) is 0 Å². The molecule has 88 valence electrons. The van der Waals surface area contributed by atoms with Crippen LogP contribution >= 0.6 is 0 Å². The summed E-state index contributed by atoms with van der Waals surface area (Å²) in [6.45, 7) is 0. The molecule has 2 atom stereocenters. The lowest BCUT2D eigenvalue weighted by Gasteiger charge is -2.16. The zero-order chi connectivity index (χ0) is 11.4. The van der Waals surface area contributed by atoms with Crippen molar-refractivity contribution in [1.29, 1.82) is 0 Å². The van der Waals surface area contributed by atoms with Crippen molar-refractivity contribution in [3.63, 3.8) is 0 Å². The molecule has 1 aliphatic rings. The second-order valence-corrected chi connectivity index (χ2v) is 5.02. The molecule has 1 saturated carbocycles. The Bertz CT molecular complexity index is 320. The van der Waals surface area contributed by atoms with Crippen molar-refractivity contribution in [2.45, 2.75) is 44.6 Å². The van der Waals surface area contributed by atoms with Gasteiger partial charge in [-0.1, -0.05) is 31.4 Å². The van der Waals surface area contributed by atoms with Crippen molar-refractivity contribution < 1.29 is 5.11 Å². The molecule has 0 saturated heterocycles. The molecule has 1 aromatic carbocycles. The SMILES string of the molecule is NC1CCCCC(Cc2ccc(O)cc2)C1. The quantitative estimate of drug-likeness (QED) is 0.751. The number of nitrogens with two attached hydrogens (primary N) is 1.